The Bertz CT molecular complexity index is 1020. The smallest absolute Gasteiger partial charge is 0.251 e. The molecule has 4 rings (SSSR count). The number of aromatic nitrogens is 4. The highest BCUT2D eigenvalue weighted by Gasteiger charge is 2.47. The van der Waals surface area contributed by atoms with Gasteiger partial charge in [0.25, 0.3) is 5.91 Å². The summed E-state index contributed by atoms with van der Waals surface area (Å²) in [5, 5.41) is 33.7. The first-order chi connectivity index (χ1) is 13.9. The minimum Gasteiger partial charge on any atom is -0.387 e. The Balaban J connectivity index is 1.60. The number of rotatable bonds is 4. The number of ether oxygens (including phenoxy) is 1. The number of hydrogen-bond acceptors (Lipinski definition) is 8. The predicted octanol–water partition coefficient (Wildman–Crippen LogP) is -0.266. The van der Waals surface area contributed by atoms with Crippen LogP contribution in [0.5, 0.6) is 0 Å². The number of amides is 1. The number of carbonyl (C=O) groups is 1. The molecule has 0 spiro atoms. The molecule has 3 heterocycles. The van der Waals surface area contributed by atoms with Gasteiger partial charge in [-0.3, -0.25) is 9.36 Å². The summed E-state index contributed by atoms with van der Waals surface area (Å²) in [5.41, 5.74) is 0.871. The summed E-state index contributed by atoms with van der Waals surface area (Å²) in [4.78, 5) is 24.3. The molecule has 1 saturated carbocycles. The molecular weight excluding hydrogens is 378 g/mol. The van der Waals surface area contributed by atoms with Crippen molar-refractivity contribution in [1.29, 1.82) is 0 Å². The van der Waals surface area contributed by atoms with E-state index in [0.29, 0.717) is 5.57 Å². The van der Waals surface area contributed by atoms with Crippen LogP contribution in [0.15, 0.2) is 24.8 Å². The molecule has 0 bridgehead atoms. The van der Waals surface area contributed by atoms with Crippen molar-refractivity contribution in [2.45, 2.75) is 50.4 Å². The van der Waals surface area contributed by atoms with Crippen molar-refractivity contribution >= 4 is 22.9 Å². The maximum Gasteiger partial charge on any atom is 0.251 e. The lowest BCUT2D eigenvalue weighted by molar-refractivity contribution is -0.112. The van der Waals surface area contributed by atoms with Crippen LogP contribution in [0.2, 0.25) is 0 Å². The van der Waals surface area contributed by atoms with E-state index < -0.39 is 36.6 Å². The van der Waals surface area contributed by atoms with Crippen LogP contribution >= 0.6 is 0 Å². The van der Waals surface area contributed by atoms with E-state index in [1.807, 2.05) is 0 Å². The third-order valence-electron chi connectivity index (χ3n) is 4.85. The normalized spacial score (nSPS) is 27.3. The standard InChI is InChI=1S/C19H21N5O5/c1-9(2)18(28)23-16-12-17(21-7-20-16)24(8-22-12)19-14(27)13(26)15(29-19)11(25)6-5-10-3-4-10/h7-8,10-11,13-15,19,25-27H,1,3-4H2,2H3,(H,20,21,23,28)/t11-,13+,14-,15-,19-/m1/s1. The quantitative estimate of drug-likeness (QED) is 0.407. The highest BCUT2D eigenvalue weighted by Crippen LogP contribution is 2.34. The molecule has 0 unspecified atom stereocenters. The maximum atomic E-state index is 11.9. The zero-order chi connectivity index (χ0) is 20.7. The van der Waals surface area contributed by atoms with Crippen LogP contribution in [-0.4, -0.2) is 65.2 Å². The minimum atomic E-state index is -1.34. The number of aliphatic hydroxyl groups excluding tert-OH is 3. The number of hydrogen-bond donors (Lipinski definition) is 4. The fourth-order valence-electron chi connectivity index (χ4n) is 3.03. The largest absolute Gasteiger partial charge is 0.387 e. The van der Waals surface area contributed by atoms with Gasteiger partial charge in [0, 0.05) is 11.5 Å². The van der Waals surface area contributed by atoms with E-state index in [1.165, 1.54) is 17.2 Å². The summed E-state index contributed by atoms with van der Waals surface area (Å²) in [5.74, 6) is 5.66. The Morgan fingerprint density at radius 2 is 2.10 bits per heavy atom. The predicted molar refractivity (Wildman–Crippen MR) is 101 cm³/mol. The van der Waals surface area contributed by atoms with Crippen LogP contribution < -0.4 is 5.32 Å². The average molecular weight is 399 g/mol. The van der Waals surface area contributed by atoms with E-state index in [1.54, 1.807) is 6.92 Å². The summed E-state index contributed by atoms with van der Waals surface area (Å²) < 4.78 is 7.14. The molecule has 2 aliphatic rings. The lowest BCUT2D eigenvalue weighted by atomic mass is 10.1. The van der Waals surface area contributed by atoms with Crippen molar-refractivity contribution in [3.63, 3.8) is 0 Å². The topological polar surface area (TPSA) is 143 Å². The zero-order valence-corrected chi connectivity index (χ0v) is 15.7. The molecular formula is C19H21N5O5. The van der Waals surface area contributed by atoms with Crippen LogP contribution in [0.3, 0.4) is 0 Å². The van der Waals surface area contributed by atoms with Crippen LogP contribution in [0.4, 0.5) is 5.82 Å². The minimum absolute atomic E-state index is 0.182. The van der Waals surface area contributed by atoms with E-state index in [9.17, 15) is 20.1 Å². The van der Waals surface area contributed by atoms with E-state index in [2.05, 4.69) is 38.7 Å². The number of anilines is 1. The van der Waals surface area contributed by atoms with E-state index in [4.69, 9.17) is 4.74 Å². The van der Waals surface area contributed by atoms with Crippen molar-refractivity contribution in [2.24, 2.45) is 5.92 Å². The lowest BCUT2D eigenvalue weighted by Gasteiger charge is -2.17. The van der Waals surface area contributed by atoms with E-state index in [0.717, 1.165) is 12.8 Å². The molecule has 2 fully saturated rings. The third kappa shape index (κ3) is 3.73. The third-order valence-corrected chi connectivity index (χ3v) is 4.85. The second kappa shape index (κ2) is 7.53. The van der Waals surface area contributed by atoms with Crippen molar-refractivity contribution in [2.75, 3.05) is 5.32 Å². The lowest BCUT2D eigenvalue weighted by Crippen LogP contribution is -2.38. The van der Waals surface area contributed by atoms with Crippen LogP contribution in [-0.2, 0) is 9.53 Å². The van der Waals surface area contributed by atoms with Gasteiger partial charge in [-0.15, -0.1) is 0 Å². The van der Waals surface area contributed by atoms with Gasteiger partial charge in [-0.1, -0.05) is 18.4 Å². The molecule has 1 saturated heterocycles. The second-order valence-electron chi connectivity index (χ2n) is 7.26. The van der Waals surface area contributed by atoms with Gasteiger partial charge in [0.15, 0.2) is 23.2 Å². The molecule has 0 radical (unpaired) electrons. The number of carbonyl (C=O) groups excluding carboxylic acids is 1. The van der Waals surface area contributed by atoms with Crippen LogP contribution in [0, 0.1) is 17.8 Å². The van der Waals surface area contributed by atoms with Gasteiger partial charge < -0.3 is 25.4 Å². The van der Waals surface area contributed by atoms with E-state index in [-0.39, 0.29) is 22.9 Å². The Labute approximate surface area is 166 Å². The van der Waals surface area contributed by atoms with Gasteiger partial charge in [-0.2, -0.15) is 0 Å². The summed E-state index contributed by atoms with van der Waals surface area (Å²) >= 11 is 0. The fourth-order valence-corrected chi connectivity index (χ4v) is 3.03. The Hall–Kier alpha value is -2.84. The summed E-state index contributed by atoms with van der Waals surface area (Å²) in [6.07, 6.45) is -1.43. The molecule has 1 aliphatic heterocycles. The molecule has 29 heavy (non-hydrogen) atoms. The molecule has 4 N–H and O–H groups in total. The fraction of sp³-hybridized carbons (Fsp3) is 0.474. The first kappa shape index (κ1) is 19.5. The van der Waals surface area contributed by atoms with Crippen molar-refractivity contribution in [1.82, 2.24) is 19.5 Å². The highest BCUT2D eigenvalue weighted by atomic mass is 16.6. The molecule has 1 aliphatic carbocycles. The van der Waals surface area contributed by atoms with Crippen molar-refractivity contribution in [3.05, 3.63) is 24.8 Å². The molecule has 152 valence electrons. The molecule has 5 atom stereocenters. The van der Waals surface area contributed by atoms with Gasteiger partial charge in [0.1, 0.15) is 30.7 Å². The first-order valence-corrected chi connectivity index (χ1v) is 9.22. The zero-order valence-electron chi connectivity index (χ0n) is 15.7. The number of nitrogens with one attached hydrogen (secondary N) is 1. The number of nitrogens with zero attached hydrogens (tertiary/aromatic N) is 4. The molecule has 1 amide bonds. The van der Waals surface area contributed by atoms with Gasteiger partial charge in [-0.05, 0) is 19.8 Å². The monoisotopic (exact) mass is 399 g/mol. The Morgan fingerprint density at radius 3 is 2.79 bits per heavy atom. The number of fused-ring (bicyclic) bond motifs is 1. The molecule has 0 aromatic carbocycles. The highest BCUT2D eigenvalue weighted by molar-refractivity contribution is 6.05. The number of aliphatic hydroxyl groups is 3. The maximum absolute atomic E-state index is 11.9. The Morgan fingerprint density at radius 1 is 1.34 bits per heavy atom. The molecule has 2 aromatic rings. The first-order valence-electron chi connectivity index (χ1n) is 9.22. The van der Waals surface area contributed by atoms with Gasteiger partial charge >= 0.3 is 0 Å². The SMILES string of the molecule is C=C(C)C(=O)Nc1ncnc2c1ncn2[C@@H]1O[C@H]([C@H](O)C#CC2CC2)[C@@H](O)[C@H]1O. The number of imidazole rings is 1. The van der Waals surface area contributed by atoms with Gasteiger partial charge in [0.2, 0.25) is 0 Å². The van der Waals surface area contributed by atoms with Crippen LogP contribution in [0.1, 0.15) is 26.0 Å². The molecule has 10 heteroatoms. The van der Waals surface area contributed by atoms with Gasteiger partial charge in [-0.25, -0.2) is 15.0 Å². The Kier molecular flexibility index (Phi) is 5.06. The molecule has 10 nitrogen and oxygen atoms in total. The molecule has 2 aromatic heterocycles. The summed E-state index contributed by atoms with van der Waals surface area (Å²) in [6.45, 7) is 5.14. The summed E-state index contributed by atoms with van der Waals surface area (Å²) in [7, 11) is 0. The van der Waals surface area contributed by atoms with E-state index >= 15 is 0 Å². The summed E-state index contributed by atoms with van der Waals surface area (Å²) in [6, 6.07) is 0. The average Bonchev–Trinajstić information content (AvgIpc) is 3.36. The van der Waals surface area contributed by atoms with Gasteiger partial charge in [0.05, 0.1) is 6.33 Å². The van der Waals surface area contributed by atoms with Crippen molar-refractivity contribution < 1.29 is 24.9 Å². The van der Waals surface area contributed by atoms with Crippen LogP contribution in [0.25, 0.3) is 11.2 Å². The van der Waals surface area contributed by atoms with Crippen molar-refractivity contribution in [3.8, 4) is 11.8 Å². The second-order valence-corrected chi connectivity index (χ2v) is 7.26.